The van der Waals surface area contributed by atoms with Crippen LogP contribution in [-0.4, -0.2) is 33.9 Å². The number of hydrogen-bond donors (Lipinski definition) is 0. The maximum Gasteiger partial charge on any atom is 0.149 e. The van der Waals surface area contributed by atoms with Gasteiger partial charge in [-0.05, 0) is 25.2 Å². The lowest BCUT2D eigenvalue weighted by Crippen LogP contribution is -2.10. The van der Waals surface area contributed by atoms with E-state index in [0.717, 1.165) is 28.3 Å². The van der Waals surface area contributed by atoms with Gasteiger partial charge in [-0.1, -0.05) is 6.08 Å². The van der Waals surface area contributed by atoms with Gasteiger partial charge in [-0.25, -0.2) is 14.4 Å². The Morgan fingerprint density at radius 2 is 2.07 bits per heavy atom. The average molecular weight is 377 g/mol. The van der Waals surface area contributed by atoms with Crippen LogP contribution in [0.4, 0.5) is 4.39 Å². The summed E-state index contributed by atoms with van der Waals surface area (Å²) in [6, 6.07) is 2.13. The highest BCUT2D eigenvalue weighted by atomic mass is 19.1. The van der Waals surface area contributed by atoms with Crippen LogP contribution in [0.1, 0.15) is 25.3 Å². The van der Waals surface area contributed by atoms with E-state index in [2.05, 4.69) is 15.2 Å². The van der Waals surface area contributed by atoms with Crippen LogP contribution in [0.3, 0.4) is 0 Å². The molecule has 0 radical (unpaired) electrons. The van der Waals surface area contributed by atoms with Crippen LogP contribution in [-0.2, 0) is 7.05 Å². The van der Waals surface area contributed by atoms with E-state index in [1.807, 2.05) is 47.0 Å². The monoisotopic (exact) mass is 377 g/mol. The highest BCUT2D eigenvalue weighted by Crippen LogP contribution is 2.42. The maximum atomic E-state index is 12.5. The van der Waals surface area contributed by atoms with Crippen LogP contribution in [0, 0.1) is 5.92 Å². The Labute approximate surface area is 161 Å². The molecule has 0 aromatic carbocycles. The molecule has 1 unspecified atom stereocenters. The smallest absolute Gasteiger partial charge is 0.149 e. The molecule has 4 heterocycles. The van der Waals surface area contributed by atoms with Crippen LogP contribution in [0.5, 0.6) is 0 Å². The lowest BCUT2D eigenvalue weighted by atomic mass is 10.1. The molecule has 0 saturated heterocycles. The van der Waals surface area contributed by atoms with Crippen molar-refractivity contribution in [3.63, 3.8) is 0 Å². The Bertz CT molecular complexity index is 1150. The van der Waals surface area contributed by atoms with Gasteiger partial charge < -0.3 is 0 Å². The minimum Gasteiger partial charge on any atom is -0.284 e. The molecule has 1 aliphatic rings. The van der Waals surface area contributed by atoms with Crippen molar-refractivity contribution in [2.75, 3.05) is 0 Å². The van der Waals surface area contributed by atoms with Crippen molar-refractivity contribution in [1.29, 1.82) is 0 Å². The van der Waals surface area contributed by atoms with Crippen molar-refractivity contribution in [3.05, 3.63) is 55.7 Å². The Morgan fingerprint density at radius 1 is 1.21 bits per heavy atom. The number of nitrogens with zero attached hydrogens (tertiary/aromatic N) is 7. The van der Waals surface area contributed by atoms with Gasteiger partial charge in [0, 0.05) is 43.5 Å². The number of fused-ring (bicyclic) bond motifs is 1. The molecule has 8 heteroatoms. The zero-order valence-electron chi connectivity index (χ0n) is 15.5. The van der Waals surface area contributed by atoms with Gasteiger partial charge in [-0.3, -0.25) is 13.8 Å². The molecule has 28 heavy (non-hydrogen) atoms. The van der Waals surface area contributed by atoms with Crippen LogP contribution < -0.4 is 0 Å². The number of rotatable bonds is 6. The van der Waals surface area contributed by atoms with Gasteiger partial charge in [0.1, 0.15) is 11.5 Å². The van der Waals surface area contributed by atoms with Crippen molar-refractivity contribution in [2.24, 2.45) is 13.0 Å². The molecule has 5 rings (SSSR count). The van der Waals surface area contributed by atoms with E-state index in [4.69, 9.17) is 4.98 Å². The van der Waals surface area contributed by atoms with Gasteiger partial charge in [-0.15, -0.1) is 0 Å². The molecule has 142 valence electrons. The third-order valence-corrected chi connectivity index (χ3v) is 5.22. The van der Waals surface area contributed by atoms with Gasteiger partial charge in [0.2, 0.25) is 0 Å². The molecular weight excluding hydrogens is 357 g/mol. The zero-order chi connectivity index (χ0) is 19.1. The van der Waals surface area contributed by atoms with Crippen molar-refractivity contribution in [3.8, 4) is 22.6 Å². The van der Waals surface area contributed by atoms with Crippen molar-refractivity contribution in [1.82, 2.24) is 33.9 Å². The van der Waals surface area contributed by atoms with E-state index in [-0.39, 0.29) is 6.04 Å². The third-order valence-electron chi connectivity index (χ3n) is 5.22. The summed E-state index contributed by atoms with van der Waals surface area (Å²) < 4.78 is 18.2. The van der Waals surface area contributed by atoms with Crippen molar-refractivity contribution >= 4 is 5.65 Å². The van der Waals surface area contributed by atoms with Crippen molar-refractivity contribution < 1.29 is 4.39 Å². The fourth-order valence-corrected chi connectivity index (χ4v) is 3.65. The second-order valence-electron chi connectivity index (χ2n) is 7.23. The maximum absolute atomic E-state index is 12.5. The lowest BCUT2D eigenvalue weighted by Gasteiger charge is -2.14. The van der Waals surface area contributed by atoms with E-state index in [1.54, 1.807) is 23.2 Å². The zero-order valence-corrected chi connectivity index (χ0v) is 15.5. The predicted octanol–water partition coefficient (Wildman–Crippen LogP) is 3.82. The Morgan fingerprint density at radius 3 is 2.82 bits per heavy atom. The lowest BCUT2D eigenvalue weighted by molar-refractivity contribution is 0.407. The molecule has 1 saturated carbocycles. The van der Waals surface area contributed by atoms with Crippen LogP contribution in [0.25, 0.3) is 28.3 Å². The van der Waals surface area contributed by atoms with Gasteiger partial charge in [-0.2, -0.15) is 10.2 Å². The Balaban J connectivity index is 1.57. The molecule has 1 fully saturated rings. The van der Waals surface area contributed by atoms with Crippen molar-refractivity contribution in [2.45, 2.75) is 25.3 Å². The normalized spacial score (nSPS) is 15.6. The van der Waals surface area contributed by atoms with Gasteiger partial charge in [0.05, 0.1) is 36.0 Å². The summed E-state index contributed by atoms with van der Waals surface area (Å²) in [4.78, 5) is 9.30. The fourth-order valence-electron chi connectivity index (χ4n) is 3.65. The van der Waals surface area contributed by atoms with Crippen LogP contribution in [0.2, 0.25) is 0 Å². The quantitative estimate of drug-likeness (QED) is 0.512. The summed E-state index contributed by atoms with van der Waals surface area (Å²) in [5.41, 5.74) is 3.47. The van der Waals surface area contributed by atoms with Crippen LogP contribution >= 0.6 is 0 Å². The topological polar surface area (TPSA) is 65.8 Å². The van der Waals surface area contributed by atoms with Gasteiger partial charge in [0.25, 0.3) is 0 Å². The summed E-state index contributed by atoms with van der Waals surface area (Å²) >= 11 is 0. The molecule has 4 aromatic heterocycles. The Hall–Kier alpha value is -3.29. The molecule has 1 atom stereocenters. The molecule has 0 bridgehead atoms. The SMILES string of the molecule is Cn1cc(-c2cc3nccn3c(-c3cnn(C(CC=CF)C4CC4)c3)n2)cn1. The molecular formula is C20H20FN7. The summed E-state index contributed by atoms with van der Waals surface area (Å²) in [6.07, 6.45) is 16.4. The molecule has 0 aliphatic heterocycles. The number of aromatic nitrogens is 7. The summed E-state index contributed by atoms with van der Waals surface area (Å²) in [5.74, 6) is 1.34. The number of allylic oxidation sites excluding steroid dienone is 1. The standard InChI is InChI=1S/C20H20FN7/c1-26-12-15(10-23-26)17-9-19-22-7-8-27(19)20(25-17)16-11-24-28(13-16)18(3-2-6-21)14-4-5-14/h2,6-14,18H,3-5H2,1H3. The number of imidazole rings is 1. The minimum atomic E-state index is 0.181. The molecule has 7 nitrogen and oxygen atoms in total. The first-order valence-corrected chi connectivity index (χ1v) is 9.36. The number of halogens is 1. The summed E-state index contributed by atoms with van der Waals surface area (Å²) in [7, 11) is 1.88. The van der Waals surface area contributed by atoms with Gasteiger partial charge in [0.15, 0.2) is 0 Å². The molecule has 0 N–H and O–H groups in total. The minimum absolute atomic E-state index is 0.181. The summed E-state index contributed by atoms with van der Waals surface area (Å²) in [5, 5.41) is 8.82. The molecule has 1 aliphatic carbocycles. The highest BCUT2D eigenvalue weighted by molar-refractivity contribution is 5.68. The second-order valence-corrected chi connectivity index (χ2v) is 7.23. The molecule has 0 amide bonds. The van der Waals surface area contributed by atoms with E-state index in [1.165, 1.54) is 12.8 Å². The highest BCUT2D eigenvalue weighted by Gasteiger charge is 2.32. The first-order valence-electron chi connectivity index (χ1n) is 9.36. The van der Waals surface area contributed by atoms with E-state index < -0.39 is 0 Å². The number of aryl methyl sites for hydroxylation is 1. The van der Waals surface area contributed by atoms with Gasteiger partial charge >= 0.3 is 0 Å². The Kier molecular flexibility index (Phi) is 4.03. The van der Waals surface area contributed by atoms with E-state index >= 15 is 0 Å². The first-order chi connectivity index (χ1) is 13.7. The third kappa shape index (κ3) is 3.00. The van der Waals surface area contributed by atoms with E-state index in [0.29, 0.717) is 18.7 Å². The van der Waals surface area contributed by atoms with E-state index in [9.17, 15) is 4.39 Å². The number of hydrogen-bond acceptors (Lipinski definition) is 4. The molecule has 0 spiro atoms. The predicted molar refractivity (Wildman–Crippen MR) is 103 cm³/mol. The van der Waals surface area contributed by atoms with Crippen LogP contribution in [0.15, 0.2) is 55.7 Å². The summed E-state index contributed by atoms with van der Waals surface area (Å²) in [6.45, 7) is 0. The largest absolute Gasteiger partial charge is 0.284 e. The second kappa shape index (κ2) is 6.70. The first kappa shape index (κ1) is 16.9. The average Bonchev–Trinajstić information content (AvgIpc) is 3.10. The molecule has 4 aromatic rings. The fraction of sp³-hybridized carbons (Fsp3) is 0.300.